The molecule has 0 aromatic heterocycles. The molecule has 2 aromatic rings. The van der Waals surface area contributed by atoms with Crippen molar-refractivity contribution < 1.29 is 19.4 Å². The number of rotatable bonds is 7. The zero-order valence-corrected chi connectivity index (χ0v) is 17.1. The van der Waals surface area contributed by atoms with Gasteiger partial charge in [0.2, 0.25) is 0 Å². The van der Waals surface area contributed by atoms with Crippen LogP contribution in [-0.4, -0.2) is 29.8 Å². The van der Waals surface area contributed by atoms with Crippen molar-refractivity contribution in [2.75, 3.05) is 6.61 Å². The van der Waals surface area contributed by atoms with Crippen LogP contribution in [0.3, 0.4) is 0 Å². The lowest BCUT2D eigenvalue weighted by atomic mass is 9.89. The second kappa shape index (κ2) is 8.66. The summed E-state index contributed by atoms with van der Waals surface area (Å²) in [7, 11) is 0. The van der Waals surface area contributed by atoms with Gasteiger partial charge in [0.1, 0.15) is 12.6 Å². The molecular formula is C23H28N2O4. The highest BCUT2D eigenvalue weighted by Gasteiger charge is 2.29. The molecule has 0 bridgehead atoms. The Morgan fingerprint density at radius 3 is 2.10 bits per heavy atom. The number of hydrogen-bond donors (Lipinski definition) is 3. The van der Waals surface area contributed by atoms with E-state index in [4.69, 9.17) is 4.74 Å². The van der Waals surface area contributed by atoms with Crippen LogP contribution >= 0.6 is 0 Å². The Bertz CT molecular complexity index is 843. The minimum absolute atomic E-state index is 0.0130. The molecule has 3 rings (SSSR count). The molecule has 29 heavy (non-hydrogen) atoms. The minimum atomic E-state index is -1.01. The number of carbonyl (C=O) groups is 2. The van der Waals surface area contributed by atoms with Gasteiger partial charge in [-0.25, -0.2) is 10.2 Å². The predicted molar refractivity (Wildman–Crippen MR) is 111 cm³/mol. The summed E-state index contributed by atoms with van der Waals surface area (Å²) in [4.78, 5) is 23.6. The molecular weight excluding hydrogens is 368 g/mol. The SMILES string of the molecule is CC(C)(C)CC[C@H](NNC(=O)OCC1c2ccccc2-c2ccccc21)C(=O)O. The van der Waals surface area contributed by atoms with Crippen molar-refractivity contribution in [1.29, 1.82) is 0 Å². The molecule has 0 saturated heterocycles. The standard InChI is InChI=1S/C23H28N2O4/c1-23(2,3)13-12-20(21(26)27)24-25-22(28)29-14-19-17-10-6-4-8-15(17)16-9-5-7-11-18(16)19/h4-11,19-20,24H,12-14H2,1-3H3,(H,25,28)(H,26,27)/t20-/m0/s1. The minimum Gasteiger partial charge on any atom is -0.480 e. The third-order valence-corrected chi connectivity index (χ3v) is 5.17. The summed E-state index contributed by atoms with van der Waals surface area (Å²) in [5.74, 6) is -1.04. The molecule has 1 aliphatic rings. The molecule has 6 heteroatoms. The summed E-state index contributed by atoms with van der Waals surface area (Å²) in [6, 6.07) is 15.3. The zero-order valence-electron chi connectivity index (χ0n) is 17.1. The Hall–Kier alpha value is -2.86. The number of benzene rings is 2. The Kier molecular flexibility index (Phi) is 6.23. The normalized spacial score (nSPS) is 14.0. The number of carboxylic acids is 1. The van der Waals surface area contributed by atoms with E-state index in [1.807, 2.05) is 57.2 Å². The summed E-state index contributed by atoms with van der Waals surface area (Å²) >= 11 is 0. The summed E-state index contributed by atoms with van der Waals surface area (Å²) in [6.07, 6.45) is 0.431. The molecule has 0 radical (unpaired) electrons. The van der Waals surface area contributed by atoms with Crippen LogP contribution < -0.4 is 10.9 Å². The van der Waals surface area contributed by atoms with E-state index in [1.165, 1.54) is 0 Å². The number of fused-ring (bicyclic) bond motifs is 3. The van der Waals surface area contributed by atoms with Gasteiger partial charge in [-0.1, -0.05) is 69.3 Å². The molecule has 0 aliphatic heterocycles. The molecule has 3 N–H and O–H groups in total. The van der Waals surface area contributed by atoms with Crippen LogP contribution in [0.1, 0.15) is 50.7 Å². The van der Waals surface area contributed by atoms with Crippen molar-refractivity contribution in [1.82, 2.24) is 10.9 Å². The van der Waals surface area contributed by atoms with Gasteiger partial charge < -0.3 is 9.84 Å². The fourth-order valence-corrected chi connectivity index (χ4v) is 3.62. The molecule has 0 spiro atoms. The Morgan fingerprint density at radius 1 is 1.03 bits per heavy atom. The molecule has 154 valence electrons. The lowest BCUT2D eigenvalue weighted by molar-refractivity contribution is -0.140. The third kappa shape index (κ3) is 5.15. The van der Waals surface area contributed by atoms with Crippen LogP contribution in [0, 0.1) is 5.41 Å². The maximum Gasteiger partial charge on any atom is 0.421 e. The van der Waals surface area contributed by atoms with E-state index in [1.54, 1.807) is 0 Å². The van der Waals surface area contributed by atoms with E-state index in [-0.39, 0.29) is 17.9 Å². The van der Waals surface area contributed by atoms with Crippen LogP contribution in [0.25, 0.3) is 11.1 Å². The van der Waals surface area contributed by atoms with Crippen molar-refractivity contribution in [2.24, 2.45) is 5.41 Å². The first kappa shape index (κ1) is 20.9. The molecule has 1 aliphatic carbocycles. The summed E-state index contributed by atoms with van der Waals surface area (Å²) in [5.41, 5.74) is 9.54. The second-order valence-corrected chi connectivity index (χ2v) is 8.59. The quantitative estimate of drug-likeness (QED) is 0.607. The smallest absolute Gasteiger partial charge is 0.421 e. The fraction of sp³-hybridized carbons (Fsp3) is 0.391. The topological polar surface area (TPSA) is 87.7 Å². The van der Waals surface area contributed by atoms with E-state index >= 15 is 0 Å². The van der Waals surface area contributed by atoms with E-state index in [9.17, 15) is 14.7 Å². The van der Waals surface area contributed by atoms with E-state index < -0.39 is 18.1 Å². The summed E-state index contributed by atoms with van der Waals surface area (Å²) < 4.78 is 5.41. The van der Waals surface area contributed by atoms with Crippen LogP contribution in [-0.2, 0) is 9.53 Å². The highest BCUT2D eigenvalue weighted by atomic mass is 16.6. The maximum atomic E-state index is 12.2. The second-order valence-electron chi connectivity index (χ2n) is 8.59. The fourth-order valence-electron chi connectivity index (χ4n) is 3.62. The number of nitrogens with one attached hydrogen (secondary N) is 2. The molecule has 0 heterocycles. The number of hydrogen-bond acceptors (Lipinski definition) is 4. The van der Waals surface area contributed by atoms with E-state index in [2.05, 4.69) is 23.0 Å². The molecule has 0 saturated carbocycles. The summed E-state index contributed by atoms with van der Waals surface area (Å²) in [5, 5.41) is 9.35. The number of amides is 1. The monoisotopic (exact) mass is 396 g/mol. The first-order chi connectivity index (χ1) is 13.8. The Labute approximate surface area is 171 Å². The average molecular weight is 396 g/mol. The molecule has 1 amide bonds. The number of ether oxygens (including phenoxy) is 1. The Balaban J connectivity index is 1.57. The van der Waals surface area contributed by atoms with Gasteiger partial charge in [0.25, 0.3) is 0 Å². The number of aliphatic carboxylic acids is 1. The first-order valence-electron chi connectivity index (χ1n) is 9.85. The van der Waals surface area contributed by atoms with Gasteiger partial charge in [0, 0.05) is 5.92 Å². The van der Waals surface area contributed by atoms with Crippen molar-refractivity contribution in [3.8, 4) is 11.1 Å². The van der Waals surface area contributed by atoms with Gasteiger partial charge >= 0.3 is 12.1 Å². The van der Waals surface area contributed by atoms with Crippen molar-refractivity contribution in [3.05, 3.63) is 59.7 Å². The summed E-state index contributed by atoms with van der Waals surface area (Å²) in [6.45, 7) is 6.32. The van der Waals surface area contributed by atoms with E-state index in [0.29, 0.717) is 12.8 Å². The highest BCUT2D eigenvalue weighted by Crippen LogP contribution is 2.44. The van der Waals surface area contributed by atoms with E-state index in [0.717, 1.165) is 22.3 Å². The first-order valence-corrected chi connectivity index (χ1v) is 9.85. The molecule has 0 unspecified atom stereocenters. The number of carboxylic acid groups (broad SMARTS) is 1. The zero-order chi connectivity index (χ0) is 21.0. The van der Waals surface area contributed by atoms with Crippen LogP contribution in [0.4, 0.5) is 4.79 Å². The lowest BCUT2D eigenvalue weighted by Gasteiger charge is -2.22. The Morgan fingerprint density at radius 2 is 1.59 bits per heavy atom. The van der Waals surface area contributed by atoms with Gasteiger partial charge in [0.15, 0.2) is 0 Å². The molecule has 0 fully saturated rings. The number of carbonyl (C=O) groups excluding carboxylic acids is 1. The largest absolute Gasteiger partial charge is 0.480 e. The van der Waals surface area contributed by atoms with Crippen LogP contribution in [0.2, 0.25) is 0 Å². The van der Waals surface area contributed by atoms with Crippen LogP contribution in [0.5, 0.6) is 0 Å². The van der Waals surface area contributed by atoms with Crippen LogP contribution in [0.15, 0.2) is 48.5 Å². The molecule has 6 nitrogen and oxygen atoms in total. The lowest BCUT2D eigenvalue weighted by Crippen LogP contribution is -2.48. The van der Waals surface area contributed by atoms with Crippen molar-refractivity contribution >= 4 is 12.1 Å². The maximum absolute atomic E-state index is 12.2. The van der Waals surface area contributed by atoms with Crippen molar-refractivity contribution in [2.45, 2.75) is 45.6 Å². The molecule has 2 aromatic carbocycles. The highest BCUT2D eigenvalue weighted by molar-refractivity contribution is 5.79. The van der Waals surface area contributed by atoms with Gasteiger partial charge in [-0.15, -0.1) is 0 Å². The van der Waals surface area contributed by atoms with Gasteiger partial charge in [-0.05, 0) is 40.5 Å². The van der Waals surface area contributed by atoms with Gasteiger partial charge in [-0.2, -0.15) is 0 Å². The number of hydrazine groups is 1. The molecule has 1 atom stereocenters. The van der Waals surface area contributed by atoms with Gasteiger partial charge in [0.05, 0.1) is 0 Å². The average Bonchev–Trinajstić information content (AvgIpc) is 2.99. The third-order valence-electron chi connectivity index (χ3n) is 5.17. The predicted octanol–water partition coefficient (Wildman–Crippen LogP) is 4.31. The van der Waals surface area contributed by atoms with Crippen molar-refractivity contribution in [3.63, 3.8) is 0 Å². The van der Waals surface area contributed by atoms with Gasteiger partial charge in [-0.3, -0.25) is 10.2 Å².